The maximum atomic E-state index is 5.91. The van der Waals surface area contributed by atoms with Gasteiger partial charge in [-0.15, -0.1) is 0 Å². The zero-order valence-corrected chi connectivity index (χ0v) is 11.6. The van der Waals surface area contributed by atoms with E-state index in [1.807, 2.05) is 12.1 Å². The molecule has 19 heavy (non-hydrogen) atoms. The van der Waals surface area contributed by atoms with Gasteiger partial charge in [-0.1, -0.05) is 25.1 Å². The van der Waals surface area contributed by atoms with Crippen LogP contribution in [0.15, 0.2) is 28.7 Å². The molecule has 1 aromatic carbocycles. The summed E-state index contributed by atoms with van der Waals surface area (Å²) in [6.07, 6.45) is 3.63. The molecule has 1 fully saturated rings. The molecule has 102 valence electrons. The van der Waals surface area contributed by atoms with E-state index >= 15 is 0 Å². The molecule has 1 aliphatic rings. The van der Waals surface area contributed by atoms with Crippen LogP contribution in [0.5, 0.6) is 0 Å². The minimum Gasteiger partial charge on any atom is -0.461 e. The topological polar surface area (TPSA) is 34.4 Å². The molecule has 2 aromatic rings. The number of nitrogens with one attached hydrogen (secondary N) is 1. The highest BCUT2D eigenvalue weighted by Crippen LogP contribution is 2.28. The molecule has 1 N–H and O–H groups in total. The van der Waals surface area contributed by atoms with Crippen LogP contribution in [0.1, 0.15) is 31.1 Å². The first-order chi connectivity index (χ1) is 9.31. The van der Waals surface area contributed by atoms with Gasteiger partial charge >= 0.3 is 0 Å². The molecule has 3 rings (SSSR count). The van der Waals surface area contributed by atoms with E-state index in [0.717, 1.165) is 37.2 Å². The summed E-state index contributed by atoms with van der Waals surface area (Å²) in [7, 11) is 1.79. The van der Waals surface area contributed by atoms with E-state index in [1.165, 1.54) is 10.9 Å². The van der Waals surface area contributed by atoms with Crippen molar-refractivity contribution in [1.29, 1.82) is 0 Å². The molecule has 0 bridgehead atoms. The number of benzene rings is 1. The average Bonchev–Trinajstić information content (AvgIpc) is 2.75. The molecular weight excluding hydrogens is 238 g/mol. The molecule has 1 heterocycles. The Morgan fingerprint density at radius 3 is 2.84 bits per heavy atom. The molecule has 0 amide bonds. The lowest BCUT2D eigenvalue weighted by Gasteiger charge is -2.34. The Bertz CT molecular complexity index is 555. The van der Waals surface area contributed by atoms with Crippen LogP contribution >= 0.6 is 0 Å². The summed E-state index contributed by atoms with van der Waals surface area (Å²) in [6.45, 7) is 3.03. The second-order valence-corrected chi connectivity index (χ2v) is 5.26. The summed E-state index contributed by atoms with van der Waals surface area (Å²) in [4.78, 5) is 0. The van der Waals surface area contributed by atoms with Crippen molar-refractivity contribution in [2.45, 2.75) is 44.9 Å². The molecule has 1 aliphatic carbocycles. The van der Waals surface area contributed by atoms with Gasteiger partial charge in [0.15, 0.2) is 0 Å². The average molecular weight is 259 g/mol. The lowest BCUT2D eigenvalue weighted by molar-refractivity contribution is 0.0170. The highest BCUT2D eigenvalue weighted by atomic mass is 16.5. The summed E-state index contributed by atoms with van der Waals surface area (Å²) in [5.74, 6) is 1.11. The quantitative estimate of drug-likeness (QED) is 0.895. The van der Waals surface area contributed by atoms with Crippen LogP contribution in [0.4, 0.5) is 0 Å². The van der Waals surface area contributed by atoms with Crippen molar-refractivity contribution in [3.63, 3.8) is 0 Å². The Labute approximate surface area is 113 Å². The number of fused-ring (bicyclic) bond motifs is 1. The zero-order valence-electron chi connectivity index (χ0n) is 11.6. The van der Waals surface area contributed by atoms with E-state index in [4.69, 9.17) is 9.15 Å². The maximum absolute atomic E-state index is 5.91. The van der Waals surface area contributed by atoms with Crippen LogP contribution in [0, 0.1) is 0 Å². The van der Waals surface area contributed by atoms with Crippen molar-refractivity contribution in [3.8, 4) is 0 Å². The predicted molar refractivity (Wildman–Crippen MR) is 76.3 cm³/mol. The van der Waals surface area contributed by atoms with Gasteiger partial charge < -0.3 is 14.5 Å². The minimum absolute atomic E-state index is 0.448. The monoisotopic (exact) mass is 259 g/mol. The molecule has 0 radical (unpaired) electrons. The fourth-order valence-corrected chi connectivity index (χ4v) is 2.80. The second kappa shape index (κ2) is 5.35. The lowest BCUT2D eigenvalue weighted by atomic mass is 9.89. The third-order valence-electron chi connectivity index (χ3n) is 4.10. The smallest absolute Gasteiger partial charge is 0.134 e. The van der Waals surface area contributed by atoms with Gasteiger partial charge in [-0.3, -0.25) is 0 Å². The van der Waals surface area contributed by atoms with Gasteiger partial charge in [-0.2, -0.15) is 0 Å². The van der Waals surface area contributed by atoms with Crippen molar-refractivity contribution in [2.75, 3.05) is 7.11 Å². The molecule has 0 saturated heterocycles. The molecule has 1 aromatic heterocycles. The molecule has 1 saturated carbocycles. The number of ether oxygens (including phenoxy) is 1. The van der Waals surface area contributed by atoms with Gasteiger partial charge in [0.05, 0.1) is 6.10 Å². The summed E-state index contributed by atoms with van der Waals surface area (Å²) in [5.41, 5.74) is 2.32. The van der Waals surface area contributed by atoms with Crippen molar-refractivity contribution in [3.05, 3.63) is 35.6 Å². The Morgan fingerprint density at radius 1 is 1.32 bits per heavy atom. The Kier molecular flexibility index (Phi) is 3.58. The van der Waals surface area contributed by atoms with E-state index in [9.17, 15) is 0 Å². The van der Waals surface area contributed by atoms with Gasteiger partial charge in [0, 0.05) is 37.1 Å². The Balaban J connectivity index is 1.73. The van der Waals surface area contributed by atoms with E-state index in [-0.39, 0.29) is 0 Å². The standard InChI is InChI=1S/C16H21NO2/c1-3-15-14(10-17-11-8-12(9-11)18-2)13-6-4-5-7-16(13)19-15/h4-7,11-12,17H,3,8-10H2,1-2H3. The van der Waals surface area contributed by atoms with Crippen LogP contribution in [-0.2, 0) is 17.7 Å². The molecule has 3 heteroatoms. The Hall–Kier alpha value is -1.32. The highest BCUT2D eigenvalue weighted by Gasteiger charge is 2.28. The van der Waals surface area contributed by atoms with Crippen molar-refractivity contribution < 1.29 is 9.15 Å². The predicted octanol–water partition coefficient (Wildman–Crippen LogP) is 3.26. The van der Waals surface area contributed by atoms with E-state index < -0.39 is 0 Å². The Morgan fingerprint density at radius 2 is 2.11 bits per heavy atom. The third kappa shape index (κ3) is 2.40. The fraction of sp³-hybridized carbons (Fsp3) is 0.500. The number of methoxy groups -OCH3 is 1. The van der Waals surface area contributed by atoms with Gasteiger partial charge in [0.2, 0.25) is 0 Å². The second-order valence-electron chi connectivity index (χ2n) is 5.26. The number of rotatable bonds is 5. The summed E-state index contributed by atoms with van der Waals surface area (Å²) in [5, 5.41) is 4.86. The number of furan rings is 1. The molecule has 0 atom stereocenters. The van der Waals surface area contributed by atoms with E-state index in [2.05, 4.69) is 24.4 Å². The minimum atomic E-state index is 0.448. The number of para-hydroxylation sites is 1. The molecule has 0 aliphatic heterocycles. The molecular formula is C16H21NO2. The van der Waals surface area contributed by atoms with Crippen molar-refractivity contribution >= 4 is 11.0 Å². The summed E-state index contributed by atoms with van der Waals surface area (Å²) in [6, 6.07) is 8.88. The van der Waals surface area contributed by atoms with Crippen LogP contribution in [0.2, 0.25) is 0 Å². The first kappa shape index (κ1) is 12.7. The highest BCUT2D eigenvalue weighted by molar-refractivity contribution is 5.82. The van der Waals surface area contributed by atoms with Crippen LogP contribution < -0.4 is 5.32 Å². The summed E-state index contributed by atoms with van der Waals surface area (Å²) >= 11 is 0. The molecule has 0 unspecified atom stereocenters. The fourth-order valence-electron chi connectivity index (χ4n) is 2.80. The zero-order chi connectivity index (χ0) is 13.2. The number of hydrogen-bond acceptors (Lipinski definition) is 3. The van der Waals surface area contributed by atoms with Gasteiger partial charge in [0.25, 0.3) is 0 Å². The first-order valence-corrected chi connectivity index (χ1v) is 7.07. The SMILES string of the molecule is CCc1oc2ccccc2c1CNC1CC(OC)C1. The molecule has 3 nitrogen and oxygen atoms in total. The van der Waals surface area contributed by atoms with Crippen LogP contribution in [0.25, 0.3) is 11.0 Å². The van der Waals surface area contributed by atoms with Crippen molar-refractivity contribution in [2.24, 2.45) is 0 Å². The normalized spacial score (nSPS) is 22.6. The molecule has 0 spiro atoms. The van der Waals surface area contributed by atoms with E-state index in [0.29, 0.717) is 12.1 Å². The number of hydrogen-bond donors (Lipinski definition) is 1. The van der Waals surface area contributed by atoms with Gasteiger partial charge in [-0.05, 0) is 18.9 Å². The first-order valence-electron chi connectivity index (χ1n) is 7.07. The van der Waals surface area contributed by atoms with Crippen molar-refractivity contribution in [1.82, 2.24) is 5.32 Å². The van der Waals surface area contributed by atoms with Gasteiger partial charge in [0.1, 0.15) is 11.3 Å². The maximum Gasteiger partial charge on any atom is 0.134 e. The van der Waals surface area contributed by atoms with Gasteiger partial charge in [-0.25, -0.2) is 0 Å². The third-order valence-corrected chi connectivity index (χ3v) is 4.10. The van der Waals surface area contributed by atoms with E-state index in [1.54, 1.807) is 7.11 Å². The van der Waals surface area contributed by atoms with Crippen LogP contribution in [-0.4, -0.2) is 19.3 Å². The van der Waals surface area contributed by atoms with Crippen LogP contribution in [0.3, 0.4) is 0 Å². The lowest BCUT2D eigenvalue weighted by Crippen LogP contribution is -2.44. The largest absolute Gasteiger partial charge is 0.461 e. The number of aryl methyl sites for hydroxylation is 1. The summed E-state index contributed by atoms with van der Waals surface area (Å²) < 4.78 is 11.2.